The number of carboxylic acids is 1. The number of nitrogens with two attached hydrogens (primary N) is 1. The summed E-state index contributed by atoms with van der Waals surface area (Å²) in [5.41, 5.74) is 5.35. The molecule has 0 aromatic carbocycles. The summed E-state index contributed by atoms with van der Waals surface area (Å²) in [6.07, 6.45) is 3.09. The summed E-state index contributed by atoms with van der Waals surface area (Å²) in [7, 11) is 0. The molecule has 0 radical (unpaired) electrons. The highest BCUT2D eigenvalue weighted by Crippen LogP contribution is 2.22. The zero-order valence-electron chi connectivity index (χ0n) is 16.8. The van der Waals surface area contributed by atoms with Crippen molar-refractivity contribution in [2.75, 3.05) is 19.6 Å². The predicted octanol–water partition coefficient (Wildman–Crippen LogP) is -1.83. The van der Waals surface area contributed by atoms with Gasteiger partial charge in [-0.1, -0.05) is 0 Å². The molecule has 0 saturated carbocycles. The van der Waals surface area contributed by atoms with Crippen LogP contribution in [0.3, 0.4) is 0 Å². The molecule has 3 aliphatic heterocycles. The van der Waals surface area contributed by atoms with E-state index in [1.165, 1.54) is 9.80 Å². The average Bonchev–Trinajstić information content (AvgIpc) is 3.46. The number of carbonyl (C=O) groups is 5. The Morgan fingerprint density at radius 3 is 2.27 bits per heavy atom. The van der Waals surface area contributed by atoms with E-state index in [1.807, 2.05) is 0 Å². The van der Waals surface area contributed by atoms with Gasteiger partial charge in [-0.05, 0) is 45.1 Å². The van der Waals surface area contributed by atoms with E-state index in [4.69, 9.17) is 5.73 Å². The van der Waals surface area contributed by atoms with Gasteiger partial charge >= 0.3 is 5.97 Å². The molecule has 0 spiro atoms. The maximum atomic E-state index is 12.9. The van der Waals surface area contributed by atoms with Gasteiger partial charge in [-0.25, -0.2) is 0 Å². The first-order valence-electron chi connectivity index (χ1n) is 10.5. The molecule has 3 heterocycles. The second-order valence-electron chi connectivity index (χ2n) is 8.09. The predicted molar refractivity (Wildman–Crippen MR) is 104 cm³/mol. The first-order chi connectivity index (χ1) is 14.3. The van der Waals surface area contributed by atoms with Crippen molar-refractivity contribution in [1.82, 2.24) is 20.4 Å². The highest BCUT2D eigenvalue weighted by molar-refractivity contribution is 5.96. The van der Waals surface area contributed by atoms with E-state index in [1.54, 1.807) is 0 Å². The van der Waals surface area contributed by atoms with Gasteiger partial charge < -0.3 is 31.3 Å². The van der Waals surface area contributed by atoms with Crippen LogP contribution < -0.4 is 16.4 Å². The van der Waals surface area contributed by atoms with Crippen LogP contribution in [0.5, 0.6) is 0 Å². The number of carboxylic acid groups (broad SMARTS) is 1. The van der Waals surface area contributed by atoms with E-state index in [2.05, 4.69) is 10.6 Å². The fraction of sp³-hybridized carbons (Fsp3) is 0.737. The highest BCUT2D eigenvalue weighted by Gasteiger charge is 2.41. The second kappa shape index (κ2) is 9.41. The van der Waals surface area contributed by atoms with Crippen LogP contribution in [-0.4, -0.2) is 88.3 Å². The number of nitrogens with one attached hydrogen (secondary N) is 2. The Hall–Kier alpha value is -2.69. The van der Waals surface area contributed by atoms with E-state index in [9.17, 15) is 29.1 Å². The number of aliphatic carboxylic acids is 1. The van der Waals surface area contributed by atoms with Gasteiger partial charge in [0.25, 0.3) is 0 Å². The lowest BCUT2D eigenvalue weighted by Crippen LogP contribution is -2.57. The number of nitrogens with zero attached hydrogens (tertiary/aromatic N) is 2. The van der Waals surface area contributed by atoms with Gasteiger partial charge in [-0.3, -0.25) is 24.0 Å². The number of hydrogen-bond acceptors (Lipinski definition) is 6. The van der Waals surface area contributed by atoms with Crippen molar-refractivity contribution in [3.05, 3.63) is 0 Å². The van der Waals surface area contributed by atoms with Crippen molar-refractivity contribution in [1.29, 1.82) is 0 Å². The summed E-state index contributed by atoms with van der Waals surface area (Å²) >= 11 is 0. The molecular formula is C19H29N5O6. The van der Waals surface area contributed by atoms with Gasteiger partial charge in [0.15, 0.2) is 0 Å². The second-order valence-corrected chi connectivity index (χ2v) is 8.09. The van der Waals surface area contributed by atoms with Crippen molar-refractivity contribution in [3.63, 3.8) is 0 Å². The molecule has 0 aliphatic carbocycles. The lowest BCUT2D eigenvalue weighted by atomic mass is 10.1. The number of rotatable bonds is 7. The van der Waals surface area contributed by atoms with Crippen molar-refractivity contribution < 1.29 is 29.1 Å². The molecule has 0 bridgehead atoms. The molecular weight excluding hydrogens is 394 g/mol. The third kappa shape index (κ3) is 4.72. The lowest BCUT2D eigenvalue weighted by Gasteiger charge is -2.30. The van der Waals surface area contributed by atoms with Gasteiger partial charge in [0.05, 0.1) is 12.5 Å². The maximum Gasteiger partial charge on any atom is 0.305 e. The highest BCUT2D eigenvalue weighted by atomic mass is 16.4. The molecule has 166 valence electrons. The topological polar surface area (TPSA) is 162 Å². The minimum Gasteiger partial charge on any atom is -0.481 e. The zero-order chi connectivity index (χ0) is 21.8. The van der Waals surface area contributed by atoms with Crippen LogP contribution in [0.25, 0.3) is 0 Å². The van der Waals surface area contributed by atoms with E-state index in [0.29, 0.717) is 38.6 Å². The Morgan fingerprint density at radius 2 is 1.67 bits per heavy atom. The monoisotopic (exact) mass is 423 g/mol. The van der Waals surface area contributed by atoms with Gasteiger partial charge in [-0.15, -0.1) is 0 Å². The third-order valence-corrected chi connectivity index (χ3v) is 6.05. The zero-order valence-corrected chi connectivity index (χ0v) is 16.8. The van der Waals surface area contributed by atoms with Gasteiger partial charge in [0, 0.05) is 13.1 Å². The summed E-state index contributed by atoms with van der Waals surface area (Å²) in [6.45, 7) is 1.48. The lowest BCUT2D eigenvalue weighted by molar-refractivity contribution is -0.146. The molecule has 11 nitrogen and oxygen atoms in total. The summed E-state index contributed by atoms with van der Waals surface area (Å²) in [6, 6.07) is -3.17. The first kappa shape index (κ1) is 22.0. The van der Waals surface area contributed by atoms with Crippen molar-refractivity contribution in [2.45, 2.75) is 69.1 Å². The van der Waals surface area contributed by atoms with Crippen LogP contribution in [0.2, 0.25) is 0 Å². The number of primary amides is 1. The van der Waals surface area contributed by atoms with Gasteiger partial charge in [0.1, 0.15) is 18.1 Å². The van der Waals surface area contributed by atoms with Crippen LogP contribution in [0.1, 0.15) is 44.9 Å². The third-order valence-electron chi connectivity index (χ3n) is 6.05. The summed E-state index contributed by atoms with van der Waals surface area (Å²) in [5, 5.41) is 14.9. The van der Waals surface area contributed by atoms with E-state index in [-0.39, 0.29) is 18.5 Å². The summed E-state index contributed by atoms with van der Waals surface area (Å²) < 4.78 is 0. The largest absolute Gasteiger partial charge is 0.481 e. The molecule has 0 unspecified atom stereocenters. The number of hydrogen-bond donors (Lipinski definition) is 4. The van der Waals surface area contributed by atoms with Gasteiger partial charge in [0.2, 0.25) is 23.6 Å². The molecule has 30 heavy (non-hydrogen) atoms. The Labute approximate surface area is 174 Å². The minimum atomic E-state index is -1.32. The Balaban J connectivity index is 1.70. The molecule has 5 N–H and O–H groups in total. The molecule has 0 aromatic heterocycles. The van der Waals surface area contributed by atoms with Crippen LogP contribution in [0, 0.1) is 0 Å². The SMILES string of the molecule is NC(=O)[C@H]1CCCN1C(=O)[C@@H](CC(=O)O)NC(=O)[C@H]1CCCN1C(=O)[C@@H]1CCCN1. The number of likely N-dealkylation sites (tertiary alicyclic amines) is 2. The quantitative estimate of drug-likeness (QED) is 0.374. The Bertz CT molecular complexity index is 722. The van der Waals surface area contributed by atoms with E-state index < -0.39 is 48.2 Å². The molecule has 4 amide bonds. The maximum absolute atomic E-state index is 12.9. The Kier molecular flexibility index (Phi) is 6.91. The van der Waals surface area contributed by atoms with E-state index >= 15 is 0 Å². The van der Waals surface area contributed by atoms with Crippen molar-refractivity contribution >= 4 is 29.6 Å². The smallest absolute Gasteiger partial charge is 0.305 e. The van der Waals surface area contributed by atoms with Crippen LogP contribution in [-0.2, 0) is 24.0 Å². The molecule has 3 saturated heterocycles. The van der Waals surface area contributed by atoms with Gasteiger partial charge in [-0.2, -0.15) is 0 Å². The Morgan fingerprint density at radius 1 is 1.00 bits per heavy atom. The molecule has 3 fully saturated rings. The number of amides is 4. The number of carbonyl (C=O) groups excluding carboxylic acids is 4. The summed E-state index contributed by atoms with van der Waals surface area (Å²) in [4.78, 5) is 64.3. The minimum absolute atomic E-state index is 0.139. The van der Waals surface area contributed by atoms with Crippen LogP contribution >= 0.6 is 0 Å². The molecule has 11 heteroatoms. The summed E-state index contributed by atoms with van der Waals surface area (Å²) in [5.74, 6) is -3.23. The van der Waals surface area contributed by atoms with Crippen molar-refractivity contribution in [3.8, 4) is 0 Å². The molecule has 0 aromatic rings. The molecule has 3 rings (SSSR count). The first-order valence-corrected chi connectivity index (χ1v) is 10.5. The normalized spacial score (nSPS) is 27.1. The van der Waals surface area contributed by atoms with Crippen LogP contribution in [0.15, 0.2) is 0 Å². The molecule has 3 aliphatic rings. The van der Waals surface area contributed by atoms with E-state index in [0.717, 1.165) is 13.0 Å². The average molecular weight is 423 g/mol. The fourth-order valence-corrected chi connectivity index (χ4v) is 4.57. The standard InChI is InChI=1S/C19H29N5O6/c20-16(27)13-5-2-8-23(13)19(30)12(10-15(25)26)22-17(28)14-6-3-9-24(14)18(29)11-4-1-7-21-11/h11-14,21H,1-10H2,(H2,20,27)(H,22,28)(H,25,26)/t11-,12+,13+,14+/m0/s1. The van der Waals surface area contributed by atoms with Crippen LogP contribution in [0.4, 0.5) is 0 Å². The van der Waals surface area contributed by atoms with Crippen molar-refractivity contribution in [2.24, 2.45) is 5.73 Å². The fourth-order valence-electron chi connectivity index (χ4n) is 4.57. The molecule has 4 atom stereocenters.